The quantitative estimate of drug-likeness (QED) is 0.898. The molecule has 0 radical (unpaired) electrons. The Morgan fingerprint density at radius 3 is 2.74 bits per heavy atom. The molecule has 1 aromatic carbocycles. The van der Waals surface area contributed by atoms with Gasteiger partial charge in [-0.1, -0.05) is 12.1 Å². The van der Waals surface area contributed by atoms with Crippen LogP contribution in [0.2, 0.25) is 0 Å². The number of carbonyl (C=O) groups is 1. The Morgan fingerprint density at radius 2 is 2.00 bits per heavy atom. The molecule has 3 rings (SSSR count). The molecule has 0 unspecified atom stereocenters. The molecule has 0 fully saturated rings. The maximum absolute atomic E-state index is 11.2. The molecule has 0 atom stereocenters. The van der Waals surface area contributed by atoms with Crippen molar-refractivity contribution in [2.75, 3.05) is 0 Å². The van der Waals surface area contributed by atoms with Crippen LogP contribution in [-0.2, 0) is 19.9 Å². The lowest BCUT2D eigenvalue weighted by atomic mass is 9.90. The smallest absolute Gasteiger partial charge is 0.356 e. The molecule has 2 aromatic rings. The fraction of sp³-hybridized carbons (Fsp3) is 0.333. The van der Waals surface area contributed by atoms with Crippen molar-refractivity contribution in [2.24, 2.45) is 7.05 Å². The molecule has 0 saturated heterocycles. The van der Waals surface area contributed by atoms with Crippen LogP contribution < -0.4 is 0 Å². The molecule has 1 heterocycles. The van der Waals surface area contributed by atoms with E-state index in [0.29, 0.717) is 5.69 Å². The third-order valence-electron chi connectivity index (χ3n) is 3.76. The first-order chi connectivity index (χ1) is 9.16. The lowest BCUT2D eigenvalue weighted by Crippen LogP contribution is -2.05. The summed E-state index contributed by atoms with van der Waals surface area (Å²) in [7, 11) is 1.83. The van der Waals surface area contributed by atoms with Crippen LogP contribution in [0.25, 0.3) is 11.3 Å². The second-order valence-corrected chi connectivity index (χ2v) is 5.05. The Bertz CT molecular complexity index is 644. The van der Waals surface area contributed by atoms with Gasteiger partial charge in [0, 0.05) is 12.6 Å². The Balaban J connectivity index is 2.12. The van der Waals surface area contributed by atoms with Crippen LogP contribution in [0.5, 0.6) is 0 Å². The summed E-state index contributed by atoms with van der Waals surface area (Å²) in [5.41, 5.74) is 4.49. The summed E-state index contributed by atoms with van der Waals surface area (Å²) in [6.07, 6.45) is 6.24. The van der Waals surface area contributed by atoms with Crippen molar-refractivity contribution >= 4 is 5.97 Å². The van der Waals surface area contributed by atoms with Crippen LogP contribution in [0, 0.1) is 0 Å². The first-order valence-electron chi connectivity index (χ1n) is 6.53. The molecule has 4 nitrogen and oxygen atoms in total. The van der Waals surface area contributed by atoms with E-state index < -0.39 is 5.97 Å². The number of aryl methyl sites for hydroxylation is 3. The second-order valence-electron chi connectivity index (χ2n) is 5.05. The van der Waals surface area contributed by atoms with Crippen molar-refractivity contribution in [3.63, 3.8) is 0 Å². The van der Waals surface area contributed by atoms with Crippen molar-refractivity contribution < 1.29 is 9.90 Å². The number of aromatic nitrogens is 2. The highest BCUT2D eigenvalue weighted by molar-refractivity contribution is 5.93. The number of carboxylic acids is 1. The molecule has 19 heavy (non-hydrogen) atoms. The third-order valence-corrected chi connectivity index (χ3v) is 3.76. The van der Waals surface area contributed by atoms with Gasteiger partial charge < -0.3 is 9.67 Å². The Morgan fingerprint density at radius 1 is 1.26 bits per heavy atom. The van der Waals surface area contributed by atoms with E-state index in [4.69, 9.17) is 0 Å². The Labute approximate surface area is 111 Å². The lowest BCUT2D eigenvalue weighted by molar-refractivity contribution is 0.0692. The van der Waals surface area contributed by atoms with E-state index in [9.17, 15) is 9.90 Å². The van der Waals surface area contributed by atoms with Gasteiger partial charge in [0.1, 0.15) is 0 Å². The van der Waals surface area contributed by atoms with Gasteiger partial charge in [0.25, 0.3) is 0 Å². The lowest BCUT2D eigenvalue weighted by Gasteiger charge is -2.17. The molecule has 0 saturated carbocycles. The molecule has 1 aliphatic rings. The van der Waals surface area contributed by atoms with Gasteiger partial charge in [-0.25, -0.2) is 9.78 Å². The summed E-state index contributed by atoms with van der Waals surface area (Å²) >= 11 is 0. The predicted molar refractivity (Wildman–Crippen MR) is 72.2 cm³/mol. The van der Waals surface area contributed by atoms with E-state index >= 15 is 0 Å². The summed E-state index contributed by atoms with van der Waals surface area (Å²) in [5.74, 6) is -0.978. The highest BCUT2D eigenvalue weighted by atomic mass is 16.4. The average molecular weight is 256 g/mol. The van der Waals surface area contributed by atoms with E-state index in [1.807, 2.05) is 13.1 Å². The second kappa shape index (κ2) is 4.53. The normalized spacial score (nSPS) is 14.2. The maximum Gasteiger partial charge on any atom is 0.356 e. The molecule has 1 N–H and O–H groups in total. The average Bonchev–Trinajstić information content (AvgIpc) is 2.80. The monoisotopic (exact) mass is 256 g/mol. The number of hydrogen-bond donors (Lipinski definition) is 1. The molecule has 1 aromatic heterocycles. The maximum atomic E-state index is 11.2. The van der Waals surface area contributed by atoms with Gasteiger partial charge in [0.05, 0.1) is 12.0 Å². The molecule has 0 aliphatic heterocycles. The van der Waals surface area contributed by atoms with E-state index in [2.05, 4.69) is 17.1 Å². The first kappa shape index (κ1) is 12.0. The van der Waals surface area contributed by atoms with Crippen molar-refractivity contribution in [3.8, 4) is 11.3 Å². The van der Waals surface area contributed by atoms with Crippen LogP contribution in [0.15, 0.2) is 24.5 Å². The van der Waals surface area contributed by atoms with Crippen LogP contribution in [-0.4, -0.2) is 20.6 Å². The minimum atomic E-state index is -0.978. The summed E-state index contributed by atoms with van der Waals surface area (Å²) in [6.45, 7) is 0. The zero-order valence-corrected chi connectivity index (χ0v) is 10.9. The molecule has 0 bridgehead atoms. The number of nitrogens with zero attached hydrogens (tertiary/aromatic N) is 2. The first-order valence-corrected chi connectivity index (χ1v) is 6.53. The van der Waals surface area contributed by atoms with Gasteiger partial charge in [-0.3, -0.25) is 0 Å². The van der Waals surface area contributed by atoms with Crippen LogP contribution in [0.1, 0.15) is 34.5 Å². The molecule has 1 aliphatic carbocycles. The summed E-state index contributed by atoms with van der Waals surface area (Å²) in [6, 6.07) is 6.26. The SMILES string of the molecule is Cn1cnc(C(=O)O)c1-c1ccc2c(c1)CCCC2. The van der Waals surface area contributed by atoms with Gasteiger partial charge in [-0.2, -0.15) is 0 Å². The van der Waals surface area contributed by atoms with Crippen LogP contribution in [0.4, 0.5) is 0 Å². The molecular formula is C15H16N2O2. The zero-order chi connectivity index (χ0) is 13.4. The van der Waals surface area contributed by atoms with Crippen LogP contribution >= 0.6 is 0 Å². The molecule has 98 valence electrons. The van der Waals surface area contributed by atoms with E-state index in [1.165, 1.54) is 24.0 Å². The largest absolute Gasteiger partial charge is 0.476 e. The molecule has 4 heteroatoms. The minimum Gasteiger partial charge on any atom is -0.476 e. The zero-order valence-electron chi connectivity index (χ0n) is 10.9. The fourth-order valence-corrected chi connectivity index (χ4v) is 2.81. The van der Waals surface area contributed by atoms with Crippen LogP contribution in [0.3, 0.4) is 0 Å². The molecule has 0 spiro atoms. The van der Waals surface area contributed by atoms with Crippen molar-refractivity contribution in [3.05, 3.63) is 41.3 Å². The van der Waals surface area contributed by atoms with Gasteiger partial charge in [0.15, 0.2) is 5.69 Å². The van der Waals surface area contributed by atoms with E-state index in [-0.39, 0.29) is 5.69 Å². The third kappa shape index (κ3) is 2.03. The van der Waals surface area contributed by atoms with E-state index in [1.54, 1.807) is 10.9 Å². The molecular weight excluding hydrogens is 240 g/mol. The standard InChI is InChI=1S/C15H16N2O2/c1-17-9-16-13(15(18)19)14(17)12-7-6-10-4-2-3-5-11(10)8-12/h6-9H,2-5H2,1H3,(H,18,19). The number of benzene rings is 1. The van der Waals surface area contributed by atoms with Gasteiger partial charge in [0.2, 0.25) is 0 Å². The number of hydrogen-bond acceptors (Lipinski definition) is 2. The minimum absolute atomic E-state index is 0.123. The van der Waals surface area contributed by atoms with Gasteiger partial charge in [-0.05, 0) is 42.9 Å². The number of rotatable bonds is 2. The number of fused-ring (bicyclic) bond motifs is 1. The van der Waals surface area contributed by atoms with Crippen molar-refractivity contribution in [1.29, 1.82) is 0 Å². The van der Waals surface area contributed by atoms with Gasteiger partial charge >= 0.3 is 5.97 Å². The van der Waals surface area contributed by atoms with Gasteiger partial charge in [-0.15, -0.1) is 0 Å². The highest BCUT2D eigenvalue weighted by Gasteiger charge is 2.18. The number of imidazole rings is 1. The van der Waals surface area contributed by atoms with Crippen molar-refractivity contribution in [2.45, 2.75) is 25.7 Å². The Kier molecular flexibility index (Phi) is 2.85. The molecule has 0 amide bonds. The summed E-state index contributed by atoms with van der Waals surface area (Å²) in [5, 5.41) is 9.20. The Hall–Kier alpha value is -2.10. The number of aromatic carboxylic acids is 1. The topological polar surface area (TPSA) is 55.1 Å². The summed E-state index contributed by atoms with van der Waals surface area (Å²) < 4.78 is 1.77. The van der Waals surface area contributed by atoms with Crippen molar-refractivity contribution in [1.82, 2.24) is 9.55 Å². The summed E-state index contributed by atoms with van der Waals surface area (Å²) in [4.78, 5) is 15.2. The fourth-order valence-electron chi connectivity index (χ4n) is 2.81. The predicted octanol–water partition coefficient (Wildman–Crippen LogP) is 2.66. The highest BCUT2D eigenvalue weighted by Crippen LogP contribution is 2.28. The van der Waals surface area contributed by atoms with E-state index in [0.717, 1.165) is 18.4 Å². The number of carboxylic acid groups (broad SMARTS) is 1.